The average molecular weight is 304 g/mol. The molecule has 3 aliphatic rings. The zero-order valence-electron chi connectivity index (χ0n) is 12.7. The topological polar surface area (TPSA) is 32.3 Å². The fraction of sp³-hybridized carbons (Fsp3) is 0.706. The van der Waals surface area contributed by atoms with Crippen molar-refractivity contribution >= 4 is 17.2 Å². The van der Waals surface area contributed by atoms with E-state index in [1.807, 2.05) is 0 Å². The van der Waals surface area contributed by atoms with Gasteiger partial charge in [-0.1, -0.05) is 26.2 Å². The Labute approximate surface area is 130 Å². The summed E-state index contributed by atoms with van der Waals surface area (Å²) in [5.41, 5.74) is 1.06. The van der Waals surface area contributed by atoms with Crippen LogP contribution in [0.3, 0.4) is 0 Å². The summed E-state index contributed by atoms with van der Waals surface area (Å²) in [5, 5.41) is 7.93. The SMILES string of the molecule is CC1CCCCC1CN1C(=O)C2(CC2)NC1c1ccsc1. The van der Waals surface area contributed by atoms with Crippen molar-refractivity contribution in [3.8, 4) is 0 Å². The van der Waals surface area contributed by atoms with Crippen LogP contribution < -0.4 is 5.32 Å². The van der Waals surface area contributed by atoms with E-state index in [1.54, 1.807) is 11.3 Å². The Balaban J connectivity index is 1.56. The third kappa shape index (κ3) is 2.33. The molecule has 0 bridgehead atoms. The highest BCUT2D eigenvalue weighted by atomic mass is 32.1. The predicted molar refractivity (Wildman–Crippen MR) is 85.0 cm³/mol. The van der Waals surface area contributed by atoms with E-state index in [-0.39, 0.29) is 11.7 Å². The monoisotopic (exact) mass is 304 g/mol. The molecule has 3 nitrogen and oxygen atoms in total. The summed E-state index contributed by atoms with van der Waals surface area (Å²) < 4.78 is 0. The molecule has 4 heteroatoms. The fourth-order valence-corrected chi connectivity index (χ4v) is 4.75. The Bertz CT molecular complexity index is 523. The van der Waals surface area contributed by atoms with Crippen molar-refractivity contribution in [2.24, 2.45) is 11.8 Å². The second kappa shape index (κ2) is 5.10. The van der Waals surface area contributed by atoms with Crippen LogP contribution in [0, 0.1) is 11.8 Å². The van der Waals surface area contributed by atoms with Gasteiger partial charge in [-0.2, -0.15) is 11.3 Å². The lowest BCUT2D eigenvalue weighted by atomic mass is 9.80. The lowest BCUT2D eigenvalue weighted by Gasteiger charge is -2.34. The molecule has 2 aliphatic carbocycles. The molecular formula is C17H24N2OS. The molecule has 114 valence electrons. The molecular weight excluding hydrogens is 280 g/mol. The number of hydrogen-bond acceptors (Lipinski definition) is 3. The van der Waals surface area contributed by atoms with Crippen LogP contribution >= 0.6 is 11.3 Å². The van der Waals surface area contributed by atoms with Crippen LogP contribution in [0.1, 0.15) is 57.2 Å². The number of rotatable bonds is 3. The number of hydrogen-bond donors (Lipinski definition) is 1. The van der Waals surface area contributed by atoms with Gasteiger partial charge in [0.25, 0.3) is 0 Å². The van der Waals surface area contributed by atoms with Gasteiger partial charge in [-0.15, -0.1) is 0 Å². The quantitative estimate of drug-likeness (QED) is 0.926. The first-order valence-corrected chi connectivity index (χ1v) is 9.25. The van der Waals surface area contributed by atoms with E-state index in [9.17, 15) is 4.79 Å². The Hall–Kier alpha value is -0.870. The largest absolute Gasteiger partial charge is 0.321 e. The van der Waals surface area contributed by atoms with Crippen molar-refractivity contribution in [2.75, 3.05) is 6.54 Å². The molecule has 4 rings (SSSR count). The highest BCUT2D eigenvalue weighted by Gasteiger charge is 2.59. The summed E-state index contributed by atoms with van der Waals surface area (Å²) in [6.45, 7) is 3.31. The zero-order valence-corrected chi connectivity index (χ0v) is 13.5. The maximum Gasteiger partial charge on any atom is 0.244 e. The van der Waals surface area contributed by atoms with Gasteiger partial charge in [-0.05, 0) is 53.5 Å². The van der Waals surface area contributed by atoms with E-state index in [1.165, 1.54) is 31.2 Å². The molecule has 3 fully saturated rings. The molecule has 2 heterocycles. The summed E-state index contributed by atoms with van der Waals surface area (Å²) in [6.07, 6.45) is 7.45. The zero-order chi connectivity index (χ0) is 14.4. The second-order valence-corrected chi connectivity index (χ2v) is 7.95. The van der Waals surface area contributed by atoms with Gasteiger partial charge in [0.1, 0.15) is 11.7 Å². The molecule has 1 aliphatic heterocycles. The normalized spacial score (nSPS) is 34.6. The van der Waals surface area contributed by atoms with Crippen molar-refractivity contribution in [3.63, 3.8) is 0 Å². The first-order chi connectivity index (χ1) is 10.2. The molecule has 0 radical (unpaired) electrons. The van der Waals surface area contributed by atoms with Gasteiger partial charge in [0.2, 0.25) is 5.91 Å². The van der Waals surface area contributed by atoms with Gasteiger partial charge in [0.15, 0.2) is 0 Å². The lowest BCUT2D eigenvalue weighted by molar-refractivity contribution is -0.131. The summed E-state index contributed by atoms with van der Waals surface area (Å²) in [4.78, 5) is 15.0. The van der Waals surface area contributed by atoms with E-state index in [4.69, 9.17) is 0 Å². The molecule has 1 aromatic heterocycles. The number of carbonyl (C=O) groups is 1. The van der Waals surface area contributed by atoms with Crippen molar-refractivity contribution < 1.29 is 4.79 Å². The molecule has 3 unspecified atom stereocenters. The van der Waals surface area contributed by atoms with Crippen molar-refractivity contribution in [1.29, 1.82) is 0 Å². The summed E-state index contributed by atoms with van der Waals surface area (Å²) >= 11 is 1.72. The Morgan fingerprint density at radius 2 is 2.19 bits per heavy atom. The number of nitrogens with zero attached hydrogens (tertiary/aromatic N) is 1. The Morgan fingerprint density at radius 1 is 1.38 bits per heavy atom. The van der Waals surface area contributed by atoms with E-state index in [2.05, 4.69) is 34.0 Å². The van der Waals surface area contributed by atoms with Crippen LogP contribution in [0.2, 0.25) is 0 Å². The van der Waals surface area contributed by atoms with E-state index >= 15 is 0 Å². The maximum absolute atomic E-state index is 12.8. The molecule has 1 aromatic rings. The van der Waals surface area contributed by atoms with Crippen LogP contribution in [-0.4, -0.2) is 22.9 Å². The third-order valence-electron chi connectivity index (χ3n) is 5.72. The number of amides is 1. The van der Waals surface area contributed by atoms with Crippen molar-refractivity contribution in [3.05, 3.63) is 22.4 Å². The summed E-state index contributed by atoms with van der Waals surface area (Å²) in [7, 11) is 0. The van der Waals surface area contributed by atoms with Gasteiger partial charge in [0.05, 0.1) is 0 Å². The third-order valence-corrected chi connectivity index (χ3v) is 6.43. The first-order valence-electron chi connectivity index (χ1n) is 8.30. The molecule has 21 heavy (non-hydrogen) atoms. The standard InChI is InChI=1S/C17H24N2OS/c1-12-4-2-3-5-13(12)10-19-15(14-6-9-21-11-14)18-17(7-8-17)16(19)20/h6,9,11-13,15,18H,2-5,7-8,10H2,1H3. The second-order valence-electron chi connectivity index (χ2n) is 7.16. The first kappa shape index (κ1) is 13.8. The van der Waals surface area contributed by atoms with Gasteiger partial charge < -0.3 is 4.90 Å². The van der Waals surface area contributed by atoms with E-state index in [0.29, 0.717) is 11.8 Å². The fourth-order valence-electron chi connectivity index (χ4n) is 4.08. The molecule has 0 aromatic carbocycles. The van der Waals surface area contributed by atoms with Gasteiger partial charge in [0, 0.05) is 6.54 Å². The van der Waals surface area contributed by atoms with Crippen LogP contribution in [0.25, 0.3) is 0 Å². The van der Waals surface area contributed by atoms with Crippen LogP contribution in [0.5, 0.6) is 0 Å². The molecule has 2 saturated carbocycles. The van der Waals surface area contributed by atoms with Crippen LogP contribution in [-0.2, 0) is 4.79 Å². The van der Waals surface area contributed by atoms with Crippen molar-refractivity contribution in [1.82, 2.24) is 10.2 Å². The van der Waals surface area contributed by atoms with E-state index in [0.717, 1.165) is 25.3 Å². The minimum Gasteiger partial charge on any atom is -0.321 e. The highest BCUT2D eigenvalue weighted by molar-refractivity contribution is 7.07. The van der Waals surface area contributed by atoms with Crippen LogP contribution in [0.4, 0.5) is 0 Å². The molecule has 1 saturated heterocycles. The molecule has 1 spiro atoms. The van der Waals surface area contributed by atoms with E-state index < -0.39 is 0 Å². The minimum atomic E-state index is -0.204. The lowest BCUT2D eigenvalue weighted by Crippen LogP contribution is -2.38. The smallest absolute Gasteiger partial charge is 0.244 e. The number of thiophene rings is 1. The van der Waals surface area contributed by atoms with Gasteiger partial charge in [-0.25, -0.2) is 0 Å². The predicted octanol–water partition coefficient (Wildman–Crippen LogP) is 3.54. The minimum absolute atomic E-state index is 0.111. The van der Waals surface area contributed by atoms with Crippen LogP contribution in [0.15, 0.2) is 16.8 Å². The Morgan fingerprint density at radius 3 is 2.86 bits per heavy atom. The number of carbonyl (C=O) groups excluding carboxylic acids is 1. The molecule has 1 amide bonds. The average Bonchev–Trinajstić information content (AvgIpc) is 2.96. The van der Waals surface area contributed by atoms with Crippen molar-refractivity contribution in [2.45, 2.75) is 57.2 Å². The highest BCUT2D eigenvalue weighted by Crippen LogP contribution is 2.47. The Kier molecular flexibility index (Phi) is 3.34. The van der Waals surface area contributed by atoms with Gasteiger partial charge in [-0.3, -0.25) is 10.1 Å². The maximum atomic E-state index is 12.8. The molecule has 3 atom stereocenters. The summed E-state index contributed by atoms with van der Waals surface area (Å²) in [5.74, 6) is 1.79. The van der Waals surface area contributed by atoms with Gasteiger partial charge >= 0.3 is 0 Å². The number of nitrogens with one attached hydrogen (secondary N) is 1. The molecule has 1 N–H and O–H groups in total. The summed E-state index contributed by atoms with van der Waals surface area (Å²) in [6, 6.07) is 2.16.